The van der Waals surface area contributed by atoms with Gasteiger partial charge >= 0.3 is 11.9 Å². The second-order valence-electron chi connectivity index (χ2n) is 7.35. The van der Waals surface area contributed by atoms with E-state index in [4.69, 9.17) is 5.11 Å². The van der Waals surface area contributed by atoms with Gasteiger partial charge in [0.1, 0.15) is 0 Å². The van der Waals surface area contributed by atoms with E-state index in [1.165, 1.54) is 38.5 Å². The van der Waals surface area contributed by atoms with Gasteiger partial charge in [-0.25, -0.2) is 0 Å². The maximum absolute atomic E-state index is 11.5. The third kappa shape index (κ3) is 18.1. The zero-order chi connectivity index (χ0) is 21.6. The Labute approximate surface area is 173 Å². The predicted molar refractivity (Wildman–Crippen MR) is 119 cm³/mol. The molecule has 0 aromatic rings. The van der Waals surface area contributed by atoms with E-state index in [9.17, 15) is 14.7 Å². The van der Waals surface area contributed by atoms with Gasteiger partial charge in [0, 0.05) is 6.42 Å². The van der Waals surface area contributed by atoms with E-state index < -0.39 is 11.9 Å². The molecule has 0 saturated heterocycles. The van der Waals surface area contributed by atoms with Crippen LogP contribution in [0.2, 0.25) is 0 Å². The van der Waals surface area contributed by atoms with Gasteiger partial charge in [0.15, 0.2) is 0 Å². The Kier molecular flexibility index (Phi) is 22.7. The Morgan fingerprint density at radius 1 is 0.821 bits per heavy atom. The Hall–Kier alpha value is -1.32. The fourth-order valence-corrected chi connectivity index (χ4v) is 3.42. The molecule has 0 radical (unpaired) electrons. The van der Waals surface area contributed by atoms with Gasteiger partial charge in [-0.2, -0.15) is 0 Å². The molecule has 0 aromatic heterocycles. The first-order valence-electron chi connectivity index (χ1n) is 11.6. The van der Waals surface area contributed by atoms with Gasteiger partial charge in [0.05, 0.1) is 5.92 Å². The molecular weight excluding hydrogens is 352 g/mol. The molecule has 0 amide bonds. The normalized spacial score (nSPS) is 13.0. The van der Waals surface area contributed by atoms with Crippen molar-refractivity contribution in [1.29, 1.82) is 0 Å². The van der Waals surface area contributed by atoms with Crippen LogP contribution in [-0.2, 0) is 9.59 Å². The molecule has 4 heteroatoms. The summed E-state index contributed by atoms with van der Waals surface area (Å²) in [6.07, 6.45) is 18.3. The van der Waals surface area contributed by atoms with Crippen molar-refractivity contribution in [1.82, 2.24) is 0 Å². The van der Waals surface area contributed by atoms with Crippen molar-refractivity contribution < 1.29 is 19.8 Å². The number of hydrogen-bond donors (Lipinski definition) is 2. The van der Waals surface area contributed by atoms with Crippen LogP contribution in [0.25, 0.3) is 0 Å². The lowest BCUT2D eigenvalue weighted by Gasteiger charge is -2.20. The minimum atomic E-state index is -0.738. The van der Waals surface area contributed by atoms with E-state index in [1.54, 1.807) is 0 Å². The fourth-order valence-electron chi connectivity index (χ4n) is 3.42. The van der Waals surface area contributed by atoms with Gasteiger partial charge in [-0.05, 0) is 38.0 Å². The molecule has 0 aromatic carbocycles. The highest BCUT2D eigenvalue weighted by Crippen LogP contribution is 2.25. The highest BCUT2D eigenvalue weighted by atomic mass is 16.4. The van der Waals surface area contributed by atoms with Gasteiger partial charge in [-0.1, -0.05) is 91.2 Å². The molecule has 0 heterocycles. The van der Waals surface area contributed by atoms with Crippen LogP contribution in [0.3, 0.4) is 0 Å². The Balaban J connectivity index is 0. The summed E-state index contributed by atoms with van der Waals surface area (Å²) in [6, 6.07) is 0. The van der Waals surface area contributed by atoms with Crippen molar-refractivity contribution in [3.63, 3.8) is 0 Å². The van der Waals surface area contributed by atoms with Crippen LogP contribution >= 0.6 is 0 Å². The van der Waals surface area contributed by atoms with E-state index in [0.29, 0.717) is 12.8 Å². The van der Waals surface area contributed by atoms with Gasteiger partial charge < -0.3 is 10.2 Å². The summed E-state index contributed by atoms with van der Waals surface area (Å²) in [5, 5.41) is 18.1. The summed E-state index contributed by atoms with van der Waals surface area (Å²) < 4.78 is 0. The SMILES string of the molecule is CC.CCCCCCCC/C=C/C(CCCCCCC(=O)O)C(CC)C(=O)O. The van der Waals surface area contributed by atoms with E-state index in [0.717, 1.165) is 32.1 Å². The molecule has 166 valence electrons. The lowest BCUT2D eigenvalue weighted by Crippen LogP contribution is -2.21. The monoisotopic (exact) mass is 398 g/mol. The zero-order valence-corrected chi connectivity index (χ0v) is 18.9. The van der Waals surface area contributed by atoms with Crippen molar-refractivity contribution in [3.8, 4) is 0 Å². The standard InChI is InChI=1S/C22H40O4.C2H6/c1-3-5-6-7-8-9-10-13-16-19(20(4-2)22(25)26)17-14-11-12-15-18-21(23)24;1-2/h13,16,19-20H,3-12,14-15,17-18H2,1-2H3,(H,23,24)(H,25,26);1-2H3/b16-13+;. The number of allylic oxidation sites excluding steroid dienone is 2. The average Bonchev–Trinajstić information content (AvgIpc) is 2.67. The lowest BCUT2D eigenvalue weighted by atomic mass is 9.85. The summed E-state index contributed by atoms with van der Waals surface area (Å²) >= 11 is 0. The topological polar surface area (TPSA) is 74.6 Å². The van der Waals surface area contributed by atoms with E-state index in [2.05, 4.69) is 19.1 Å². The summed E-state index contributed by atoms with van der Waals surface area (Å²) in [5.41, 5.74) is 0. The number of carboxylic acids is 2. The van der Waals surface area contributed by atoms with Crippen LogP contribution in [0, 0.1) is 11.8 Å². The largest absolute Gasteiger partial charge is 0.481 e. The number of hydrogen-bond acceptors (Lipinski definition) is 2. The molecule has 0 spiro atoms. The molecule has 2 unspecified atom stereocenters. The van der Waals surface area contributed by atoms with Crippen molar-refractivity contribution in [2.75, 3.05) is 0 Å². The van der Waals surface area contributed by atoms with Crippen molar-refractivity contribution in [2.45, 2.75) is 118 Å². The quantitative estimate of drug-likeness (QED) is 0.185. The highest BCUT2D eigenvalue weighted by molar-refractivity contribution is 5.70. The maximum atomic E-state index is 11.5. The first kappa shape index (κ1) is 28.9. The summed E-state index contributed by atoms with van der Waals surface area (Å²) in [6.45, 7) is 8.17. The number of carboxylic acid groups (broad SMARTS) is 2. The molecule has 2 atom stereocenters. The van der Waals surface area contributed by atoms with Crippen LogP contribution in [0.1, 0.15) is 118 Å². The first-order chi connectivity index (χ1) is 13.5. The van der Waals surface area contributed by atoms with Crippen LogP contribution in [0.5, 0.6) is 0 Å². The van der Waals surface area contributed by atoms with Gasteiger partial charge in [0.2, 0.25) is 0 Å². The van der Waals surface area contributed by atoms with Crippen LogP contribution in [-0.4, -0.2) is 22.2 Å². The molecule has 0 aliphatic rings. The molecule has 0 aliphatic heterocycles. The number of rotatable bonds is 18. The fraction of sp³-hybridized carbons (Fsp3) is 0.833. The molecule has 0 fully saturated rings. The third-order valence-corrected chi connectivity index (χ3v) is 5.06. The molecular formula is C24H46O4. The lowest BCUT2D eigenvalue weighted by molar-refractivity contribution is -0.143. The third-order valence-electron chi connectivity index (χ3n) is 5.06. The van der Waals surface area contributed by atoms with Gasteiger partial charge in [-0.3, -0.25) is 9.59 Å². The van der Waals surface area contributed by atoms with Crippen molar-refractivity contribution >= 4 is 11.9 Å². The molecule has 28 heavy (non-hydrogen) atoms. The predicted octanol–water partition coefficient (Wildman–Crippen LogP) is 7.47. The highest BCUT2D eigenvalue weighted by Gasteiger charge is 2.23. The number of unbranched alkanes of at least 4 members (excludes halogenated alkanes) is 9. The van der Waals surface area contributed by atoms with Gasteiger partial charge in [-0.15, -0.1) is 0 Å². The second-order valence-corrected chi connectivity index (χ2v) is 7.35. The Morgan fingerprint density at radius 2 is 1.39 bits per heavy atom. The smallest absolute Gasteiger partial charge is 0.307 e. The van der Waals surface area contributed by atoms with Crippen LogP contribution in [0.15, 0.2) is 12.2 Å². The minimum Gasteiger partial charge on any atom is -0.481 e. The van der Waals surface area contributed by atoms with Gasteiger partial charge in [0.25, 0.3) is 0 Å². The molecule has 4 nitrogen and oxygen atoms in total. The first-order valence-corrected chi connectivity index (χ1v) is 11.6. The maximum Gasteiger partial charge on any atom is 0.307 e. The minimum absolute atomic E-state index is 0.0945. The number of aliphatic carboxylic acids is 2. The van der Waals surface area contributed by atoms with Crippen molar-refractivity contribution in [2.24, 2.45) is 11.8 Å². The van der Waals surface area contributed by atoms with E-state index >= 15 is 0 Å². The summed E-state index contributed by atoms with van der Waals surface area (Å²) in [7, 11) is 0. The van der Waals surface area contributed by atoms with E-state index in [-0.39, 0.29) is 18.3 Å². The summed E-state index contributed by atoms with van der Waals surface area (Å²) in [5.74, 6) is -1.66. The molecule has 0 saturated carbocycles. The van der Waals surface area contributed by atoms with Crippen LogP contribution < -0.4 is 0 Å². The van der Waals surface area contributed by atoms with Crippen molar-refractivity contribution in [3.05, 3.63) is 12.2 Å². The molecule has 0 rings (SSSR count). The molecule has 0 aliphatic carbocycles. The molecule has 0 bridgehead atoms. The Morgan fingerprint density at radius 3 is 1.96 bits per heavy atom. The summed E-state index contributed by atoms with van der Waals surface area (Å²) in [4.78, 5) is 22.0. The second kappa shape index (κ2) is 22.0. The van der Waals surface area contributed by atoms with Crippen LogP contribution in [0.4, 0.5) is 0 Å². The Bertz CT molecular complexity index is 390. The van der Waals surface area contributed by atoms with E-state index in [1.807, 2.05) is 20.8 Å². The molecule has 2 N–H and O–H groups in total. The number of carbonyl (C=O) groups is 2. The average molecular weight is 399 g/mol. The zero-order valence-electron chi connectivity index (χ0n) is 18.9.